The van der Waals surface area contributed by atoms with Crippen molar-refractivity contribution in [3.05, 3.63) is 50.6 Å². The van der Waals surface area contributed by atoms with Crippen LogP contribution in [0, 0.1) is 0 Å². The lowest BCUT2D eigenvalue weighted by molar-refractivity contribution is 0.185. The molecule has 0 bridgehead atoms. The molecule has 0 aliphatic heterocycles. The Kier molecular flexibility index (Phi) is 4.59. The number of halogens is 1. The van der Waals surface area contributed by atoms with Gasteiger partial charge >= 0.3 is 0 Å². The predicted molar refractivity (Wildman–Crippen MR) is 76.5 cm³/mol. The van der Waals surface area contributed by atoms with Crippen LogP contribution in [0.1, 0.15) is 10.4 Å². The van der Waals surface area contributed by atoms with Crippen molar-refractivity contribution in [3.8, 4) is 0 Å². The lowest BCUT2D eigenvalue weighted by Gasteiger charge is -2.06. The van der Waals surface area contributed by atoms with Gasteiger partial charge in [-0.15, -0.1) is 11.3 Å². The summed E-state index contributed by atoms with van der Waals surface area (Å²) in [5.41, 5.74) is 2.32. The minimum absolute atomic E-state index is 0.663. The van der Waals surface area contributed by atoms with Gasteiger partial charge < -0.3 is 10.1 Å². The number of hydrogen-bond donors (Lipinski definition) is 1. The molecule has 2 nitrogen and oxygen atoms in total. The van der Waals surface area contributed by atoms with E-state index in [0.29, 0.717) is 6.61 Å². The first-order valence-corrected chi connectivity index (χ1v) is 7.00. The van der Waals surface area contributed by atoms with Gasteiger partial charge in [0.2, 0.25) is 0 Å². The first-order chi connectivity index (χ1) is 8.29. The lowest BCUT2D eigenvalue weighted by Crippen LogP contribution is -1.98. The number of anilines is 1. The molecular weight excluding hydrogens is 298 g/mol. The molecular formula is C13H14BrNOS. The molecule has 0 fully saturated rings. The summed E-state index contributed by atoms with van der Waals surface area (Å²) in [5.74, 6) is 0. The second-order valence-corrected chi connectivity index (χ2v) is 5.53. The van der Waals surface area contributed by atoms with E-state index >= 15 is 0 Å². The fourth-order valence-corrected chi connectivity index (χ4v) is 2.95. The SMILES string of the molecule is COCc1ccc(NCc2sccc2Br)cc1. The molecule has 0 aliphatic rings. The highest BCUT2D eigenvalue weighted by Gasteiger charge is 2.00. The summed E-state index contributed by atoms with van der Waals surface area (Å²) >= 11 is 5.28. The standard InChI is InChI=1S/C13H14BrNOS/c1-16-9-10-2-4-11(5-3-10)15-8-13-12(14)6-7-17-13/h2-7,15H,8-9H2,1H3. The highest BCUT2D eigenvalue weighted by Crippen LogP contribution is 2.23. The zero-order valence-electron chi connectivity index (χ0n) is 9.57. The van der Waals surface area contributed by atoms with Gasteiger partial charge in [-0.05, 0) is 45.1 Å². The van der Waals surface area contributed by atoms with Crippen molar-refractivity contribution in [2.75, 3.05) is 12.4 Å². The largest absolute Gasteiger partial charge is 0.380 e. The van der Waals surface area contributed by atoms with Crippen LogP contribution in [-0.2, 0) is 17.9 Å². The average molecular weight is 312 g/mol. The maximum absolute atomic E-state index is 5.08. The van der Waals surface area contributed by atoms with E-state index in [0.717, 1.165) is 12.2 Å². The monoisotopic (exact) mass is 311 g/mol. The third-order valence-corrected chi connectivity index (χ3v) is 4.34. The number of hydrogen-bond acceptors (Lipinski definition) is 3. The maximum Gasteiger partial charge on any atom is 0.0713 e. The van der Waals surface area contributed by atoms with Crippen molar-refractivity contribution in [1.29, 1.82) is 0 Å². The van der Waals surface area contributed by atoms with E-state index in [1.165, 1.54) is 14.9 Å². The highest BCUT2D eigenvalue weighted by atomic mass is 79.9. The van der Waals surface area contributed by atoms with Gasteiger partial charge in [0.05, 0.1) is 13.2 Å². The number of ether oxygens (including phenoxy) is 1. The van der Waals surface area contributed by atoms with Crippen LogP contribution < -0.4 is 5.32 Å². The topological polar surface area (TPSA) is 21.3 Å². The lowest BCUT2D eigenvalue weighted by atomic mass is 10.2. The summed E-state index contributed by atoms with van der Waals surface area (Å²) in [4.78, 5) is 1.31. The molecule has 0 unspecified atom stereocenters. The molecule has 90 valence electrons. The molecule has 1 aromatic heterocycles. The summed E-state index contributed by atoms with van der Waals surface area (Å²) in [6.45, 7) is 1.51. The van der Waals surface area contributed by atoms with Crippen molar-refractivity contribution in [2.45, 2.75) is 13.2 Å². The van der Waals surface area contributed by atoms with E-state index in [-0.39, 0.29) is 0 Å². The number of nitrogens with one attached hydrogen (secondary N) is 1. The summed E-state index contributed by atoms with van der Waals surface area (Å²) in [7, 11) is 1.71. The smallest absolute Gasteiger partial charge is 0.0713 e. The van der Waals surface area contributed by atoms with Crippen molar-refractivity contribution < 1.29 is 4.74 Å². The quantitative estimate of drug-likeness (QED) is 0.890. The molecule has 2 aromatic rings. The summed E-state index contributed by atoms with van der Waals surface area (Å²) in [6.07, 6.45) is 0. The molecule has 0 atom stereocenters. The van der Waals surface area contributed by atoms with E-state index in [2.05, 4.69) is 57.0 Å². The molecule has 0 saturated carbocycles. The number of benzene rings is 1. The summed E-state index contributed by atoms with van der Waals surface area (Å²) in [6, 6.07) is 10.4. The Balaban J connectivity index is 1.93. The molecule has 0 saturated heterocycles. The summed E-state index contributed by atoms with van der Waals surface area (Å²) in [5, 5.41) is 5.48. The maximum atomic E-state index is 5.08. The second-order valence-electron chi connectivity index (χ2n) is 3.68. The molecule has 1 N–H and O–H groups in total. The van der Waals surface area contributed by atoms with Crippen molar-refractivity contribution >= 4 is 33.0 Å². The van der Waals surface area contributed by atoms with Gasteiger partial charge in [-0.2, -0.15) is 0 Å². The van der Waals surface area contributed by atoms with Crippen molar-refractivity contribution in [2.24, 2.45) is 0 Å². The zero-order chi connectivity index (χ0) is 12.1. The molecule has 1 heterocycles. The first-order valence-electron chi connectivity index (χ1n) is 5.33. The van der Waals surface area contributed by atoms with Gasteiger partial charge in [-0.1, -0.05) is 12.1 Å². The molecule has 0 aliphatic carbocycles. The fraction of sp³-hybridized carbons (Fsp3) is 0.231. The molecule has 4 heteroatoms. The van der Waals surface area contributed by atoms with Gasteiger partial charge in [-0.3, -0.25) is 0 Å². The zero-order valence-corrected chi connectivity index (χ0v) is 12.0. The molecule has 0 radical (unpaired) electrons. The number of rotatable bonds is 5. The summed E-state index contributed by atoms with van der Waals surface area (Å²) < 4.78 is 6.25. The van der Waals surface area contributed by atoms with Crippen LogP contribution >= 0.6 is 27.3 Å². The molecule has 17 heavy (non-hydrogen) atoms. The van der Waals surface area contributed by atoms with Crippen molar-refractivity contribution in [1.82, 2.24) is 0 Å². The Bertz CT molecular complexity index is 467. The van der Waals surface area contributed by atoms with Crippen LogP contribution in [0.15, 0.2) is 40.2 Å². The molecule has 2 rings (SSSR count). The Labute approximate surface area is 114 Å². The van der Waals surface area contributed by atoms with Crippen LogP contribution in [0.3, 0.4) is 0 Å². The van der Waals surface area contributed by atoms with Crippen LogP contribution in [0.2, 0.25) is 0 Å². The third kappa shape index (κ3) is 3.56. The van der Waals surface area contributed by atoms with Crippen LogP contribution in [0.4, 0.5) is 5.69 Å². The second kappa shape index (κ2) is 6.19. The minimum atomic E-state index is 0.663. The van der Waals surface area contributed by atoms with Crippen LogP contribution in [-0.4, -0.2) is 7.11 Å². The van der Waals surface area contributed by atoms with E-state index in [4.69, 9.17) is 4.74 Å². The highest BCUT2D eigenvalue weighted by molar-refractivity contribution is 9.10. The first kappa shape index (κ1) is 12.6. The number of methoxy groups -OCH3 is 1. The Morgan fingerprint density at radius 3 is 2.59 bits per heavy atom. The van der Waals surface area contributed by atoms with E-state index in [1.807, 2.05) is 0 Å². The van der Waals surface area contributed by atoms with Gasteiger partial charge in [-0.25, -0.2) is 0 Å². The fourth-order valence-electron chi connectivity index (χ4n) is 1.52. The number of thiophene rings is 1. The Hall–Kier alpha value is -0.840. The third-order valence-electron chi connectivity index (χ3n) is 2.41. The van der Waals surface area contributed by atoms with Crippen LogP contribution in [0.5, 0.6) is 0 Å². The van der Waals surface area contributed by atoms with Crippen molar-refractivity contribution in [3.63, 3.8) is 0 Å². The molecule has 0 amide bonds. The molecule has 1 aromatic carbocycles. The van der Waals surface area contributed by atoms with Gasteiger partial charge in [0, 0.05) is 22.1 Å². The normalized spacial score (nSPS) is 10.5. The van der Waals surface area contributed by atoms with E-state index in [1.54, 1.807) is 18.4 Å². The Morgan fingerprint density at radius 1 is 1.24 bits per heavy atom. The van der Waals surface area contributed by atoms with Crippen LogP contribution in [0.25, 0.3) is 0 Å². The van der Waals surface area contributed by atoms with Gasteiger partial charge in [0.1, 0.15) is 0 Å². The minimum Gasteiger partial charge on any atom is -0.380 e. The molecule has 0 spiro atoms. The van der Waals surface area contributed by atoms with Gasteiger partial charge in [0.25, 0.3) is 0 Å². The van der Waals surface area contributed by atoms with E-state index < -0.39 is 0 Å². The van der Waals surface area contributed by atoms with Gasteiger partial charge in [0.15, 0.2) is 0 Å². The predicted octanol–water partition coefficient (Wildman–Crippen LogP) is 4.27. The Morgan fingerprint density at radius 2 is 2.00 bits per heavy atom. The van der Waals surface area contributed by atoms with E-state index in [9.17, 15) is 0 Å². The average Bonchev–Trinajstić information content (AvgIpc) is 2.75.